The van der Waals surface area contributed by atoms with E-state index in [2.05, 4.69) is 5.32 Å². The lowest BCUT2D eigenvalue weighted by Gasteiger charge is -2.06. The van der Waals surface area contributed by atoms with Gasteiger partial charge in [-0.2, -0.15) is 13.2 Å². The molecule has 0 unspecified atom stereocenters. The van der Waals surface area contributed by atoms with E-state index in [4.69, 9.17) is 9.52 Å². The van der Waals surface area contributed by atoms with E-state index >= 15 is 0 Å². The summed E-state index contributed by atoms with van der Waals surface area (Å²) in [5.74, 6) is 0. The molecule has 1 aromatic heterocycles. The normalized spacial score (nSPS) is 12.2. The van der Waals surface area contributed by atoms with E-state index < -0.39 is 11.7 Å². The summed E-state index contributed by atoms with van der Waals surface area (Å²) in [7, 11) is 0. The van der Waals surface area contributed by atoms with Crippen molar-refractivity contribution < 1.29 is 22.7 Å². The van der Waals surface area contributed by atoms with Crippen LogP contribution in [-0.2, 0) is 12.7 Å². The lowest BCUT2D eigenvalue weighted by molar-refractivity contribution is -0.137. The predicted octanol–water partition coefficient (Wildman–Crippen LogP) is 2.53. The van der Waals surface area contributed by atoms with Gasteiger partial charge in [0.2, 0.25) is 0 Å². The van der Waals surface area contributed by atoms with Gasteiger partial charge in [-0.1, -0.05) is 0 Å². The zero-order chi connectivity index (χ0) is 13.2. The minimum atomic E-state index is -4.36. The summed E-state index contributed by atoms with van der Waals surface area (Å²) in [5.41, 5.74) is 0.369. The topological polar surface area (TPSA) is 45.4 Å². The highest BCUT2D eigenvalue weighted by atomic mass is 19.4. The third kappa shape index (κ3) is 2.65. The average molecular weight is 259 g/mol. The molecule has 1 aromatic carbocycles. The molecule has 0 spiro atoms. The second kappa shape index (κ2) is 4.99. The summed E-state index contributed by atoms with van der Waals surface area (Å²) in [6.07, 6.45) is -2.93. The average Bonchev–Trinajstić information content (AvgIpc) is 2.71. The van der Waals surface area contributed by atoms with Crippen molar-refractivity contribution in [2.75, 3.05) is 13.2 Å². The number of benzene rings is 1. The van der Waals surface area contributed by atoms with Gasteiger partial charge in [-0.25, -0.2) is 0 Å². The summed E-state index contributed by atoms with van der Waals surface area (Å²) in [5, 5.41) is 12.0. The third-order valence-electron chi connectivity index (χ3n) is 2.59. The lowest BCUT2D eigenvalue weighted by Crippen LogP contribution is -2.17. The number of rotatable bonds is 4. The number of hydrogen-bond donors (Lipinski definition) is 2. The van der Waals surface area contributed by atoms with Crippen LogP contribution in [0.15, 0.2) is 28.9 Å². The van der Waals surface area contributed by atoms with Crippen molar-refractivity contribution in [2.45, 2.75) is 12.7 Å². The summed E-state index contributed by atoms with van der Waals surface area (Å²) in [6, 6.07) is 3.39. The van der Waals surface area contributed by atoms with Crippen molar-refractivity contribution in [2.24, 2.45) is 0 Å². The SMILES string of the molecule is OCCNCc1coc2ccc(C(F)(F)F)cc12. The van der Waals surface area contributed by atoms with Crippen molar-refractivity contribution in [3.63, 3.8) is 0 Å². The van der Waals surface area contributed by atoms with Gasteiger partial charge in [0.15, 0.2) is 0 Å². The Bertz CT molecular complexity index is 534. The number of fused-ring (bicyclic) bond motifs is 1. The summed E-state index contributed by atoms with van der Waals surface area (Å²) < 4.78 is 42.9. The first-order chi connectivity index (χ1) is 8.52. The quantitative estimate of drug-likeness (QED) is 0.829. The van der Waals surface area contributed by atoms with E-state index in [9.17, 15) is 13.2 Å². The van der Waals surface area contributed by atoms with E-state index in [1.165, 1.54) is 12.3 Å². The van der Waals surface area contributed by atoms with E-state index in [-0.39, 0.29) is 6.61 Å². The molecule has 98 valence electrons. The molecule has 2 aromatic rings. The summed E-state index contributed by atoms with van der Waals surface area (Å²) >= 11 is 0. The van der Waals surface area contributed by atoms with Gasteiger partial charge in [-0.3, -0.25) is 0 Å². The number of aliphatic hydroxyl groups is 1. The fourth-order valence-electron chi connectivity index (χ4n) is 1.70. The Labute approximate surface area is 101 Å². The predicted molar refractivity (Wildman–Crippen MR) is 60.0 cm³/mol. The van der Waals surface area contributed by atoms with E-state index in [1.807, 2.05) is 0 Å². The van der Waals surface area contributed by atoms with E-state index in [0.29, 0.717) is 29.6 Å². The molecule has 0 fully saturated rings. The Morgan fingerprint density at radius 2 is 2.06 bits per heavy atom. The molecule has 0 saturated heterocycles. The Morgan fingerprint density at radius 3 is 2.72 bits per heavy atom. The standard InChI is InChI=1S/C12H12F3NO2/c13-12(14,15)9-1-2-11-10(5-9)8(7-18-11)6-16-3-4-17/h1-2,5,7,16-17H,3-4,6H2. The van der Waals surface area contributed by atoms with Gasteiger partial charge in [0.05, 0.1) is 18.4 Å². The molecule has 3 nitrogen and oxygen atoms in total. The Kier molecular flexibility index (Phi) is 3.58. The second-order valence-corrected chi connectivity index (χ2v) is 3.87. The van der Waals surface area contributed by atoms with Gasteiger partial charge in [-0.05, 0) is 18.2 Å². The first-order valence-corrected chi connectivity index (χ1v) is 5.41. The molecular formula is C12H12F3NO2. The highest BCUT2D eigenvalue weighted by Crippen LogP contribution is 2.32. The van der Waals surface area contributed by atoms with Crippen molar-refractivity contribution in [1.82, 2.24) is 5.32 Å². The van der Waals surface area contributed by atoms with Crippen LogP contribution >= 0.6 is 0 Å². The number of nitrogens with one attached hydrogen (secondary N) is 1. The molecule has 0 bridgehead atoms. The van der Waals surface area contributed by atoms with Crippen LogP contribution in [0.2, 0.25) is 0 Å². The zero-order valence-electron chi connectivity index (χ0n) is 9.42. The van der Waals surface area contributed by atoms with Gasteiger partial charge < -0.3 is 14.8 Å². The first kappa shape index (κ1) is 12.9. The number of hydrogen-bond acceptors (Lipinski definition) is 3. The van der Waals surface area contributed by atoms with Crippen molar-refractivity contribution >= 4 is 11.0 Å². The number of alkyl halides is 3. The van der Waals surface area contributed by atoms with Crippen LogP contribution in [0.25, 0.3) is 11.0 Å². The molecule has 0 saturated carbocycles. The van der Waals surface area contributed by atoms with E-state index in [1.54, 1.807) is 0 Å². The van der Waals surface area contributed by atoms with Crippen LogP contribution in [0, 0.1) is 0 Å². The second-order valence-electron chi connectivity index (χ2n) is 3.87. The number of aliphatic hydroxyl groups excluding tert-OH is 1. The van der Waals surface area contributed by atoms with Gasteiger partial charge in [0.25, 0.3) is 0 Å². The molecule has 1 heterocycles. The van der Waals surface area contributed by atoms with Gasteiger partial charge in [-0.15, -0.1) is 0 Å². The van der Waals surface area contributed by atoms with Gasteiger partial charge >= 0.3 is 6.18 Å². The summed E-state index contributed by atoms with van der Waals surface area (Å²) in [4.78, 5) is 0. The molecule has 18 heavy (non-hydrogen) atoms. The Morgan fingerprint density at radius 1 is 1.28 bits per heavy atom. The van der Waals surface area contributed by atoms with Crippen LogP contribution in [0.4, 0.5) is 13.2 Å². The largest absolute Gasteiger partial charge is 0.464 e. The van der Waals surface area contributed by atoms with Crippen LogP contribution in [0.5, 0.6) is 0 Å². The van der Waals surface area contributed by atoms with Gasteiger partial charge in [0, 0.05) is 24.0 Å². The third-order valence-corrected chi connectivity index (χ3v) is 2.59. The maximum Gasteiger partial charge on any atom is 0.416 e. The Hall–Kier alpha value is -1.53. The van der Waals surface area contributed by atoms with Crippen LogP contribution in [0.3, 0.4) is 0 Å². The molecule has 0 amide bonds. The molecule has 0 aliphatic heterocycles. The molecule has 0 radical (unpaired) electrons. The smallest absolute Gasteiger partial charge is 0.416 e. The molecular weight excluding hydrogens is 247 g/mol. The lowest BCUT2D eigenvalue weighted by atomic mass is 10.1. The Balaban J connectivity index is 2.31. The van der Waals surface area contributed by atoms with Crippen molar-refractivity contribution in [1.29, 1.82) is 0 Å². The fraction of sp³-hybridized carbons (Fsp3) is 0.333. The van der Waals surface area contributed by atoms with E-state index in [0.717, 1.165) is 12.1 Å². The first-order valence-electron chi connectivity index (χ1n) is 5.41. The molecule has 0 atom stereocenters. The highest BCUT2D eigenvalue weighted by molar-refractivity contribution is 5.81. The maximum atomic E-state index is 12.6. The minimum Gasteiger partial charge on any atom is -0.464 e. The zero-order valence-corrected chi connectivity index (χ0v) is 9.42. The van der Waals surface area contributed by atoms with Crippen LogP contribution in [0.1, 0.15) is 11.1 Å². The molecule has 6 heteroatoms. The number of halogens is 3. The maximum absolute atomic E-state index is 12.6. The molecule has 2 rings (SSSR count). The molecule has 0 aliphatic rings. The van der Waals surface area contributed by atoms with Crippen molar-refractivity contribution in [3.8, 4) is 0 Å². The molecule has 2 N–H and O–H groups in total. The van der Waals surface area contributed by atoms with Crippen molar-refractivity contribution in [3.05, 3.63) is 35.6 Å². The molecule has 0 aliphatic carbocycles. The fourth-order valence-corrected chi connectivity index (χ4v) is 1.70. The number of furan rings is 1. The van der Waals surface area contributed by atoms with Crippen LogP contribution in [-0.4, -0.2) is 18.3 Å². The minimum absolute atomic E-state index is 0.0242. The van der Waals surface area contributed by atoms with Crippen LogP contribution < -0.4 is 5.32 Å². The van der Waals surface area contributed by atoms with Gasteiger partial charge in [0.1, 0.15) is 5.58 Å². The highest BCUT2D eigenvalue weighted by Gasteiger charge is 2.30. The summed E-state index contributed by atoms with van der Waals surface area (Å²) in [6.45, 7) is 0.712. The monoisotopic (exact) mass is 259 g/mol.